The minimum absolute atomic E-state index is 0.187. The first kappa shape index (κ1) is 21.5. The van der Waals surface area contributed by atoms with E-state index in [1.165, 1.54) is 18.2 Å². The van der Waals surface area contributed by atoms with E-state index in [0.717, 1.165) is 46.9 Å². The predicted octanol–water partition coefficient (Wildman–Crippen LogP) is 4.22. The monoisotopic (exact) mass is 440 g/mol. The number of carbonyl (C=O) groups is 1. The van der Waals surface area contributed by atoms with Gasteiger partial charge >= 0.3 is 0 Å². The Balaban J connectivity index is 1.62. The van der Waals surface area contributed by atoms with E-state index < -0.39 is 0 Å². The number of methoxy groups -OCH3 is 2. The number of likely N-dealkylation sites (tertiary alicyclic amines) is 1. The number of carbonyl (C=O) groups excluding carboxylic acids is 1. The number of rotatable bonds is 6. The topological polar surface area (TPSA) is 69.0 Å². The summed E-state index contributed by atoms with van der Waals surface area (Å²) in [6.07, 6.45) is 5.19. The minimum atomic E-state index is 0.187. The molecule has 0 spiro atoms. The molecule has 0 radical (unpaired) electrons. The number of piperidine rings is 1. The second-order valence-corrected chi connectivity index (χ2v) is 8.82. The number of nitrogens with zero attached hydrogens (tertiary/aromatic N) is 4. The Bertz CT molecular complexity index is 1100. The Morgan fingerprint density at radius 2 is 2.00 bits per heavy atom. The Kier molecular flexibility index (Phi) is 6.36. The standard InChI is InChI=1S/C23H28N4O3S/c1-15-11-22(31-14-21(28)26-10-6-5-7-16(26)2)27-23(25-15)18(13-24-27)17-8-9-19(29-3)20(12-17)30-4/h8-9,11-13,16H,5-7,10,14H2,1-4H3/t16-/m0/s1. The van der Waals surface area contributed by atoms with Crippen LogP contribution >= 0.6 is 11.8 Å². The molecule has 1 aliphatic heterocycles. The van der Waals surface area contributed by atoms with Gasteiger partial charge in [-0.25, -0.2) is 9.50 Å². The van der Waals surface area contributed by atoms with Crippen molar-refractivity contribution in [3.05, 3.63) is 36.2 Å². The van der Waals surface area contributed by atoms with Crippen molar-refractivity contribution in [2.75, 3.05) is 26.5 Å². The first-order valence-corrected chi connectivity index (χ1v) is 11.5. The summed E-state index contributed by atoms with van der Waals surface area (Å²) < 4.78 is 12.6. The molecule has 3 heterocycles. The lowest BCUT2D eigenvalue weighted by Crippen LogP contribution is -2.42. The highest BCUT2D eigenvalue weighted by molar-refractivity contribution is 7.99. The van der Waals surface area contributed by atoms with Gasteiger partial charge in [0.25, 0.3) is 0 Å². The van der Waals surface area contributed by atoms with Crippen LogP contribution in [0.3, 0.4) is 0 Å². The van der Waals surface area contributed by atoms with Gasteiger partial charge in [-0.15, -0.1) is 0 Å². The maximum Gasteiger partial charge on any atom is 0.233 e. The molecule has 1 aliphatic rings. The van der Waals surface area contributed by atoms with E-state index in [9.17, 15) is 4.79 Å². The van der Waals surface area contributed by atoms with E-state index in [-0.39, 0.29) is 5.91 Å². The molecule has 3 aromatic rings. The maximum absolute atomic E-state index is 12.8. The van der Waals surface area contributed by atoms with Gasteiger partial charge in [-0.3, -0.25) is 4.79 Å². The molecule has 0 N–H and O–H groups in total. The zero-order chi connectivity index (χ0) is 22.0. The first-order chi connectivity index (χ1) is 15.0. The van der Waals surface area contributed by atoms with Gasteiger partial charge in [0.1, 0.15) is 5.03 Å². The number of ether oxygens (including phenoxy) is 2. The number of amides is 1. The van der Waals surface area contributed by atoms with Crippen LogP contribution in [0.2, 0.25) is 0 Å². The second kappa shape index (κ2) is 9.18. The lowest BCUT2D eigenvalue weighted by atomic mass is 10.0. The maximum atomic E-state index is 12.8. The summed E-state index contributed by atoms with van der Waals surface area (Å²) in [5.41, 5.74) is 3.49. The highest BCUT2D eigenvalue weighted by atomic mass is 32.2. The van der Waals surface area contributed by atoms with E-state index in [2.05, 4.69) is 12.0 Å². The number of aryl methyl sites for hydroxylation is 1. The van der Waals surface area contributed by atoms with E-state index in [4.69, 9.17) is 14.5 Å². The molecule has 1 saturated heterocycles. The third-order valence-electron chi connectivity index (χ3n) is 5.73. The van der Waals surface area contributed by atoms with Crippen LogP contribution in [0.5, 0.6) is 11.5 Å². The molecule has 0 bridgehead atoms. The van der Waals surface area contributed by atoms with Gasteiger partial charge in [0, 0.05) is 23.8 Å². The van der Waals surface area contributed by atoms with Crippen LogP contribution in [0, 0.1) is 6.92 Å². The summed E-state index contributed by atoms with van der Waals surface area (Å²) in [6.45, 7) is 4.96. The quantitative estimate of drug-likeness (QED) is 0.422. The highest BCUT2D eigenvalue weighted by Crippen LogP contribution is 2.34. The molecular weight excluding hydrogens is 412 g/mol. The molecule has 1 amide bonds. The number of hydrogen-bond donors (Lipinski definition) is 0. The van der Waals surface area contributed by atoms with Gasteiger partial charge in [-0.05, 0) is 56.9 Å². The molecule has 31 heavy (non-hydrogen) atoms. The number of fused-ring (bicyclic) bond motifs is 1. The fourth-order valence-corrected chi connectivity index (χ4v) is 4.99. The van der Waals surface area contributed by atoms with Crippen molar-refractivity contribution in [2.45, 2.75) is 44.2 Å². The molecule has 0 saturated carbocycles. The zero-order valence-corrected chi connectivity index (χ0v) is 19.2. The van der Waals surface area contributed by atoms with Crippen molar-refractivity contribution in [3.8, 4) is 22.6 Å². The lowest BCUT2D eigenvalue weighted by Gasteiger charge is -2.33. The minimum Gasteiger partial charge on any atom is -0.493 e. The predicted molar refractivity (Wildman–Crippen MR) is 122 cm³/mol. The van der Waals surface area contributed by atoms with E-state index >= 15 is 0 Å². The summed E-state index contributed by atoms with van der Waals surface area (Å²) in [6, 6.07) is 8.07. The molecule has 4 rings (SSSR count). The third-order valence-corrected chi connectivity index (χ3v) is 6.71. The summed E-state index contributed by atoms with van der Waals surface area (Å²) in [7, 11) is 3.24. The first-order valence-electron chi connectivity index (χ1n) is 10.5. The highest BCUT2D eigenvalue weighted by Gasteiger charge is 2.23. The van der Waals surface area contributed by atoms with Crippen molar-refractivity contribution in [2.24, 2.45) is 0 Å². The SMILES string of the molecule is COc1ccc(-c2cnn3c(SCC(=O)N4CCCC[C@@H]4C)cc(C)nc23)cc1OC. The number of thioether (sulfide) groups is 1. The molecule has 0 aliphatic carbocycles. The molecule has 1 fully saturated rings. The Hall–Kier alpha value is -2.74. The van der Waals surface area contributed by atoms with Crippen LogP contribution in [-0.4, -0.2) is 58.0 Å². The molecule has 2 aromatic heterocycles. The largest absolute Gasteiger partial charge is 0.493 e. The van der Waals surface area contributed by atoms with Gasteiger partial charge in [-0.1, -0.05) is 17.8 Å². The number of aromatic nitrogens is 3. The molecule has 164 valence electrons. The summed E-state index contributed by atoms with van der Waals surface area (Å²) in [5.74, 6) is 1.91. The Morgan fingerprint density at radius 1 is 1.19 bits per heavy atom. The van der Waals surface area contributed by atoms with Crippen LogP contribution in [0.4, 0.5) is 0 Å². The van der Waals surface area contributed by atoms with Crippen LogP contribution in [0.15, 0.2) is 35.5 Å². The molecule has 0 unspecified atom stereocenters. The lowest BCUT2D eigenvalue weighted by molar-refractivity contribution is -0.131. The van der Waals surface area contributed by atoms with Gasteiger partial charge in [0.15, 0.2) is 17.1 Å². The van der Waals surface area contributed by atoms with Crippen molar-refractivity contribution in [3.63, 3.8) is 0 Å². The smallest absolute Gasteiger partial charge is 0.233 e. The van der Waals surface area contributed by atoms with Crippen LogP contribution in [0.1, 0.15) is 31.9 Å². The van der Waals surface area contributed by atoms with Crippen LogP contribution < -0.4 is 9.47 Å². The van der Waals surface area contributed by atoms with Crippen molar-refractivity contribution in [1.82, 2.24) is 19.5 Å². The van der Waals surface area contributed by atoms with Gasteiger partial charge in [-0.2, -0.15) is 5.10 Å². The number of hydrogen-bond acceptors (Lipinski definition) is 6. The summed E-state index contributed by atoms with van der Waals surface area (Å²) in [5, 5.41) is 5.49. The molecule has 1 atom stereocenters. The van der Waals surface area contributed by atoms with Gasteiger partial charge in [0.2, 0.25) is 5.91 Å². The third kappa shape index (κ3) is 4.35. The van der Waals surface area contributed by atoms with E-state index in [1.807, 2.05) is 46.8 Å². The zero-order valence-electron chi connectivity index (χ0n) is 18.4. The van der Waals surface area contributed by atoms with Crippen molar-refractivity contribution >= 4 is 23.3 Å². The molecule has 8 heteroatoms. The normalized spacial score (nSPS) is 16.5. The number of benzene rings is 1. The fourth-order valence-electron chi connectivity index (χ4n) is 4.05. The van der Waals surface area contributed by atoms with Crippen molar-refractivity contribution in [1.29, 1.82) is 0 Å². The Labute approximate surface area is 186 Å². The summed E-state index contributed by atoms with van der Waals surface area (Å²) >= 11 is 1.51. The van der Waals surface area contributed by atoms with E-state index in [0.29, 0.717) is 23.3 Å². The van der Waals surface area contributed by atoms with Gasteiger partial charge in [0.05, 0.1) is 26.2 Å². The second-order valence-electron chi connectivity index (χ2n) is 7.82. The van der Waals surface area contributed by atoms with Crippen LogP contribution in [0.25, 0.3) is 16.8 Å². The average Bonchev–Trinajstić information content (AvgIpc) is 3.20. The van der Waals surface area contributed by atoms with E-state index in [1.54, 1.807) is 14.2 Å². The molecule has 7 nitrogen and oxygen atoms in total. The fraction of sp³-hybridized carbons (Fsp3) is 0.435. The molecular formula is C23H28N4O3S. The van der Waals surface area contributed by atoms with Crippen LogP contribution in [-0.2, 0) is 4.79 Å². The Morgan fingerprint density at radius 3 is 2.74 bits per heavy atom. The summed E-state index contributed by atoms with van der Waals surface area (Å²) in [4.78, 5) is 19.5. The van der Waals surface area contributed by atoms with Gasteiger partial charge < -0.3 is 14.4 Å². The van der Waals surface area contributed by atoms with Crippen molar-refractivity contribution < 1.29 is 14.3 Å². The average molecular weight is 441 g/mol. The molecule has 1 aromatic carbocycles.